The van der Waals surface area contributed by atoms with E-state index in [1.54, 1.807) is 36.4 Å². The predicted octanol–water partition coefficient (Wildman–Crippen LogP) is 1.40. The first-order valence-corrected chi connectivity index (χ1v) is 13.0. The minimum absolute atomic E-state index is 0.0392. The molecule has 1 fully saturated rings. The van der Waals surface area contributed by atoms with Gasteiger partial charge in [-0.15, -0.1) is 0 Å². The summed E-state index contributed by atoms with van der Waals surface area (Å²) in [6.45, 7) is 2.82. The maximum absolute atomic E-state index is 12.9. The molecule has 0 aromatic heterocycles. The fourth-order valence-electron chi connectivity index (χ4n) is 3.55. The summed E-state index contributed by atoms with van der Waals surface area (Å²) in [5.41, 5.74) is 1.84. The minimum atomic E-state index is -3.73. The van der Waals surface area contributed by atoms with E-state index in [0.717, 1.165) is 11.1 Å². The highest BCUT2D eigenvalue weighted by atomic mass is 32.2. The number of amides is 1. The smallest absolute Gasteiger partial charge is 0.243 e. The maximum Gasteiger partial charge on any atom is 0.243 e. The highest BCUT2D eigenvalue weighted by Crippen LogP contribution is 2.24. The zero-order valence-corrected chi connectivity index (χ0v) is 19.0. The molecule has 0 spiro atoms. The van der Waals surface area contributed by atoms with Gasteiger partial charge in [-0.25, -0.2) is 22.0 Å². The lowest BCUT2D eigenvalue weighted by Gasteiger charge is -2.31. The molecule has 1 amide bonds. The number of nitrogens with zero attached hydrogens (tertiary/aromatic N) is 1. The van der Waals surface area contributed by atoms with Crippen LogP contribution in [0.2, 0.25) is 0 Å². The number of rotatable bonds is 7. The average Bonchev–Trinajstić information content (AvgIpc) is 2.74. The van der Waals surface area contributed by atoms with Crippen LogP contribution in [0.5, 0.6) is 0 Å². The molecule has 0 radical (unpaired) electrons. The number of hydrogen-bond acceptors (Lipinski definition) is 5. The van der Waals surface area contributed by atoms with Crippen LogP contribution in [-0.2, 0) is 31.3 Å². The third-order valence-electron chi connectivity index (χ3n) is 5.38. The molecule has 2 aromatic rings. The third kappa shape index (κ3) is 5.91. The lowest BCUT2D eigenvalue weighted by Crippen LogP contribution is -2.45. The van der Waals surface area contributed by atoms with Crippen molar-refractivity contribution in [3.8, 4) is 0 Å². The summed E-state index contributed by atoms with van der Waals surface area (Å²) in [5.74, 6) is -0.580. The average molecular weight is 466 g/mol. The molecule has 1 heterocycles. The van der Waals surface area contributed by atoms with Crippen LogP contribution in [0.15, 0.2) is 58.3 Å². The predicted molar refractivity (Wildman–Crippen MR) is 117 cm³/mol. The zero-order valence-electron chi connectivity index (χ0n) is 17.3. The molecule has 1 aliphatic rings. The molecule has 31 heavy (non-hydrogen) atoms. The van der Waals surface area contributed by atoms with Gasteiger partial charge >= 0.3 is 0 Å². The van der Waals surface area contributed by atoms with Crippen LogP contribution in [0, 0.1) is 12.8 Å². The van der Waals surface area contributed by atoms with Gasteiger partial charge in [-0.1, -0.05) is 29.8 Å². The van der Waals surface area contributed by atoms with Gasteiger partial charge in [-0.3, -0.25) is 4.79 Å². The number of aryl methyl sites for hydroxylation is 1. The second-order valence-electron chi connectivity index (χ2n) is 7.75. The molecular weight excluding hydrogens is 438 g/mol. The molecule has 3 rings (SSSR count). The number of sulfonamides is 2. The van der Waals surface area contributed by atoms with E-state index >= 15 is 0 Å². The van der Waals surface area contributed by atoms with Gasteiger partial charge in [0.15, 0.2) is 0 Å². The molecule has 1 atom stereocenters. The lowest BCUT2D eigenvalue weighted by atomic mass is 9.99. The number of hydrogen-bond donors (Lipinski definition) is 2. The van der Waals surface area contributed by atoms with Gasteiger partial charge < -0.3 is 5.32 Å². The Bertz CT molecular complexity index is 1130. The molecule has 0 aliphatic carbocycles. The summed E-state index contributed by atoms with van der Waals surface area (Å²) in [5, 5.41) is 7.94. The lowest BCUT2D eigenvalue weighted by molar-refractivity contribution is -0.126. The van der Waals surface area contributed by atoms with E-state index in [-0.39, 0.29) is 22.2 Å². The standard InChI is InChI=1S/C21H27N3O5S2/c1-16-4-8-20(9-5-16)31(28,29)24-14-2-3-18(15-24)21(25)23-13-12-17-6-10-19(11-7-17)30(22,26)27/h4-11,18H,2-3,12-15H2,1H3,(H,23,25)(H2,22,26,27)/t18-/m0/s1. The van der Waals surface area contributed by atoms with E-state index in [1.807, 2.05) is 6.92 Å². The van der Waals surface area contributed by atoms with Gasteiger partial charge in [0.05, 0.1) is 15.7 Å². The first kappa shape index (κ1) is 23.4. The highest BCUT2D eigenvalue weighted by Gasteiger charge is 2.33. The van der Waals surface area contributed by atoms with E-state index in [0.29, 0.717) is 32.4 Å². The van der Waals surface area contributed by atoms with E-state index in [9.17, 15) is 21.6 Å². The Morgan fingerprint density at radius 2 is 1.65 bits per heavy atom. The molecule has 0 bridgehead atoms. The fourth-order valence-corrected chi connectivity index (χ4v) is 5.59. The summed E-state index contributed by atoms with van der Waals surface area (Å²) in [6.07, 6.45) is 1.78. The van der Waals surface area contributed by atoms with Crippen molar-refractivity contribution in [1.29, 1.82) is 0 Å². The van der Waals surface area contributed by atoms with Gasteiger partial charge in [-0.2, -0.15) is 4.31 Å². The summed E-state index contributed by atoms with van der Waals surface area (Å²) in [6, 6.07) is 12.9. The van der Waals surface area contributed by atoms with Crippen LogP contribution in [0.3, 0.4) is 0 Å². The molecule has 2 aromatic carbocycles. The molecule has 10 heteroatoms. The van der Waals surface area contributed by atoms with E-state index in [2.05, 4.69) is 5.32 Å². The number of carbonyl (C=O) groups excluding carboxylic acids is 1. The van der Waals surface area contributed by atoms with Crippen molar-refractivity contribution < 1.29 is 21.6 Å². The van der Waals surface area contributed by atoms with E-state index in [4.69, 9.17) is 5.14 Å². The fraction of sp³-hybridized carbons (Fsp3) is 0.381. The van der Waals surface area contributed by atoms with E-state index < -0.39 is 26.0 Å². The first-order valence-electron chi connectivity index (χ1n) is 10.0. The molecule has 168 valence electrons. The van der Waals surface area contributed by atoms with Crippen molar-refractivity contribution in [3.05, 3.63) is 59.7 Å². The maximum atomic E-state index is 12.9. The van der Waals surface area contributed by atoms with Gasteiger partial charge in [0.1, 0.15) is 0 Å². The van der Waals surface area contributed by atoms with Crippen molar-refractivity contribution in [3.63, 3.8) is 0 Å². The Hall–Kier alpha value is -2.27. The normalized spacial score (nSPS) is 17.9. The van der Waals surface area contributed by atoms with Crippen molar-refractivity contribution in [2.45, 2.75) is 36.0 Å². The number of benzene rings is 2. The number of carbonyl (C=O) groups is 1. The Morgan fingerprint density at radius 3 is 2.26 bits per heavy atom. The van der Waals surface area contributed by atoms with Crippen LogP contribution in [-0.4, -0.2) is 46.7 Å². The molecule has 3 N–H and O–H groups in total. The monoisotopic (exact) mass is 465 g/mol. The second-order valence-corrected chi connectivity index (χ2v) is 11.2. The summed E-state index contributed by atoms with van der Waals surface area (Å²) >= 11 is 0. The summed E-state index contributed by atoms with van der Waals surface area (Å²) in [4.78, 5) is 12.9. The van der Waals surface area contributed by atoms with Crippen molar-refractivity contribution in [1.82, 2.24) is 9.62 Å². The summed E-state index contributed by atoms with van der Waals surface area (Å²) < 4.78 is 49.8. The van der Waals surface area contributed by atoms with Crippen LogP contribution in [0.25, 0.3) is 0 Å². The number of nitrogens with one attached hydrogen (secondary N) is 1. The first-order chi connectivity index (χ1) is 14.6. The summed E-state index contributed by atoms with van der Waals surface area (Å²) in [7, 11) is -7.36. The molecule has 8 nitrogen and oxygen atoms in total. The van der Waals surface area contributed by atoms with Crippen LogP contribution < -0.4 is 10.5 Å². The number of primary sulfonamides is 1. The zero-order chi connectivity index (χ0) is 22.6. The van der Waals surface area contributed by atoms with E-state index in [1.165, 1.54) is 16.4 Å². The van der Waals surface area contributed by atoms with Gasteiger partial charge in [-0.05, 0) is 56.0 Å². The topological polar surface area (TPSA) is 127 Å². The molecule has 0 saturated carbocycles. The Labute approximate surface area is 183 Å². The second kappa shape index (κ2) is 9.47. The quantitative estimate of drug-likeness (QED) is 0.639. The Morgan fingerprint density at radius 1 is 1.03 bits per heavy atom. The molecule has 1 aliphatic heterocycles. The molecule has 0 unspecified atom stereocenters. The number of nitrogens with two attached hydrogens (primary N) is 1. The van der Waals surface area contributed by atoms with Crippen molar-refractivity contribution in [2.24, 2.45) is 11.1 Å². The van der Waals surface area contributed by atoms with Crippen LogP contribution >= 0.6 is 0 Å². The van der Waals surface area contributed by atoms with Crippen LogP contribution in [0.1, 0.15) is 24.0 Å². The highest BCUT2D eigenvalue weighted by molar-refractivity contribution is 7.89. The number of piperidine rings is 1. The Kier molecular flexibility index (Phi) is 7.15. The van der Waals surface area contributed by atoms with Crippen molar-refractivity contribution >= 4 is 26.0 Å². The van der Waals surface area contributed by atoms with Gasteiger partial charge in [0.25, 0.3) is 0 Å². The molecular formula is C21H27N3O5S2. The van der Waals surface area contributed by atoms with Crippen LogP contribution in [0.4, 0.5) is 0 Å². The van der Waals surface area contributed by atoms with Crippen molar-refractivity contribution in [2.75, 3.05) is 19.6 Å². The van der Waals surface area contributed by atoms with Gasteiger partial charge in [0.2, 0.25) is 26.0 Å². The van der Waals surface area contributed by atoms with Gasteiger partial charge in [0, 0.05) is 19.6 Å². The third-order valence-corrected chi connectivity index (χ3v) is 8.19. The Balaban J connectivity index is 1.55. The molecule has 1 saturated heterocycles. The largest absolute Gasteiger partial charge is 0.355 e. The minimum Gasteiger partial charge on any atom is -0.355 e. The SMILES string of the molecule is Cc1ccc(S(=O)(=O)N2CCC[C@H](C(=O)NCCc3ccc(S(N)(=O)=O)cc3)C2)cc1.